The molecule has 1 aliphatic heterocycles. The first kappa shape index (κ1) is 23.9. The molecule has 0 radical (unpaired) electrons. The molecule has 1 aliphatic rings. The van der Waals surface area contributed by atoms with Crippen molar-refractivity contribution in [1.29, 1.82) is 0 Å². The lowest BCUT2D eigenvalue weighted by atomic mass is 9.95. The Morgan fingerprint density at radius 1 is 1.21 bits per heavy atom. The van der Waals surface area contributed by atoms with Crippen molar-refractivity contribution in [2.24, 2.45) is 0 Å². The molecule has 172 valence electrons. The fraction of sp³-hybridized carbons (Fsp3) is 0.261. The Morgan fingerprint density at radius 3 is 2.45 bits per heavy atom. The van der Waals surface area contributed by atoms with E-state index < -0.39 is 22.8 Å². The summed E-state index contributed by atoms with van der Waals surface area (Å²) in [5.74, 6) is -0.920. The Balaban J connectivity index is 1.85. The molecule has 0 spiro atoms. The largest absolute Gasteiger partial charge is 0.466 e. The molecule has 0 bridgehead atoms. The lowest BCUT2D eigenvalue weighted by Gasteiger charge is -2.36. The van der Waals surface area contributed by atoms with Crippen molar-refractivity contribution in [3.8, 4) is 0 Å². The van der Waals surface area contributed by atoms with E-state index in [0.29, 0.717) is 28.5 Å². The van der Waals surface area contributed by atoms with E-state index in [1.165, 1.54) is 25.3 Å². The van der Waals surface area contributed by atoms with Gasteiger partial charge in [0.05, 0.1) is 23.6 Å². The summed E-state index contributed by atoms with van der Waals surface area (Å²) in [4.78, 5) is 37.5. The van der Waals surface area contributed by atoms with E-state index in [9.17, 15) is 19.7 Å². The molecule has 3 rings (SSSR count). The topological polar surface area (TPSA) is 114 Å². The van der Waals surface area contributed by atoms with Gasteiger partial charge in [0.25, 0.3) is 11.6 Å². The highest BCUT2D eigenvalue weighted by Crippen LogP contribution is 2.32. The molecule has 1 unspecified atom stereocenters. The van der Waals surface area contributed by atoms with Gasteiger partial charge >= 0.3 is 5.97 Å². The average Bonchev–Trinajstić information content (AvgIpc) is 2.79. The SMILES string of the molecule is CCN1C(=S)NC(c2ccc(NC(=O)c3ccc(C)c([N+](=O)[O-])c3)cc2)C(C(=O)OC)=C1C. The third-order valence-electron chi connectivity index (χ3n) is 5.49. The number of nitro benzene ring substituents is 1. The number of hydrogen-bond donors (Lipinski definition) is 2. The molecule has 10 heteroatoms. The van der Waals surface area contributed by atoms with Crippen molar-refractivity contribution < 1.29 is 19.2 Å². The van der Waals surface area contributed by atoms with E-state index >= 15 is 0 Å². The van der Waals surface area contributed by atoms with Crippen molar-refractivity contribution >= 4 is 40.6 Å². The number of benzene rings is 2. The number of thiocarbonyl (C=S) groups is 1. The summed E-state index contributed by atoms with van der Waals surface area (Å²) >= 11 is 5.45. The van der Waals surface area contributed by atoms with Crippen molar-refractivity contribution in [1.82, 2.24) is 10.2 Å². The third-order valence-corrected chi connectivity index (χ3v) is 5.83. The van der Waals surface area contributed by atoms with Crippen LogP contribution in [0.25, 0.3) is 0 Å². The number of carbonyl (C=O) groups excluding carboxylic acids is 2. The Hall–Kier alpha value is -3.79. The van der Waals surface area contributed by atoms with Crippen LogP contribution in [0.15, 0.2) is 53.7 Å². The van der Waals surface area contributed by atoms with E-state index in [0.717, 1.165) is 11.3 Å². The number of methoxy groups -OCH3 is 1. The second-order valence-corrected chi connectivity index (χ2v) is 7.84. The Bertz CT molecular complexity index is 1160. The van der Waals surface area contributed by atoms with Crippen LogP contribution in [-0.2, 0) is 9.53 Å². The van der Waals surface area contributed by atoms with E-state index in [1.54, 1.807) is 31.2 Å². The molecular formula is C23H24N4O5S. The fourth-order valence-corrected chi connectivity index (χ4v) is 4.08. The van der Waals surface area contributed by atoms with Crippen LogP contribution in [0.4, 0.5) is 11.4 Å². The Morgan fingerprint density at radius 2 is 1.88 bits per heavy atom. The van der Waals surface area contributed by atoms with Gasteiger partial charge in [0.1, 0.15) is 0 Å². The number of anilines is 1. The summed E-state index contributed by atoms with van der Waals surface area (Å²) in [6, 6.07) is 10.7. The van der Waals surface area contributed by atoms with Crippen molar-refractivity contribution in [2.75, 3.05) is 19.0 Å². The van der Waals surface area contributed by atoms with Gasteiger partial charge in [-0.25, -0.2) is 4.79 Å². The monoisotopic (exact) mass is 468 g/mol. The molecule has 2 aromatic rings. The quantitative estimate of drug-likeness (QED) is 0.284. The molecule has 1 heterocycles. The third kappa shape index (κ3) is 4.85. The molecule has 33 heavy (non-hydrogen) atoms. The van der Waals surface area contributed by atoms with Gasteiger partial charge in [-0.2, -0.15) is 0 Å². The number of esters is 1. The van der Waals surface area contributed by atoms with Crippen LogP contribution in [0.1, 0.15) is 41.4 Å². The van der Waals surface area contributed by atoms with Crippen molar-refractivity contribution in [2.45, 2.75) is 26.8 Å². The number of amides is 1. The molecular weight excluding hydrogens is 444 g/mol. The summed E-state index contributed by atoms with van der Waals surface area (Å²) in [5, 5.41) is 17.6. The van der Waals surface area contributed by atoms with Crippen LogP contribution in [-0.4, -0.2) is 40.5 Å². The minimum atomic E-state index is -0.517. The number of hydrogen-bond acceptors (Lipinski definition) is 6. The van der Waals surface area contributed by atoms with Gasteiger partial charge in [0, 0.05) is 35.1 Å². The van der Waals surface area contributed by atoms with E-state index in [4.69, 9.17) is 17.0 Å². The van der Waals surface area contributed by atoms with E-state index in [-0.39, 0.29) is 11.3 Å². The van der Waals surface area contributed by atoms with E-state index in [1.807, 2.05) is 18.7 Å². The van der Waals surface area contributed by atoms with Crippen LogP contribution >= 0.6 is 12.2 Å². The van der Waals surface area contributed by atoms with Gasteiger partial charge < -0.3 is 20.3 Å². The Labute approximate surface area is 196 Å². The minimum absolute atomic E-state index is 0.115. The molecule has 2 aromatic carbocycles. The van der Waals surface area contributed by atoms with E-state index in [2.05, 4.69) is 10.6 Å². The first-order chi connectivity index (χ1) is 15.7. The number of ether oxygens (including phenoxy) is 1. The number of nitrogens with one attached hydrogen (secondary N) is 2. The van der Waals surface area contributed by atoms with Crippen LogP contribution in [0, 0.1) is 17.0 Å². The zero-order valence-corrected chi connectivity index (χ0v) is 19.5. The highest BCUT2D eigenvalue weighted by molar-refractivity contribution is 7.80. The minimum Gasteiger partial charge on any atom is -0.466 e. The fourth-order valence-electron chi connectivity index (χ4n) is 3.70. The van der Waals surface area contributed by atoms with Crippen LogP contribution in [0.2, 0.25) is 0 Å². The normalized spacial score (nSPS) is 15.7. The van der Waals surface area contributed by atoms with Gasteiger partial charge in [-0.1, -0.05) is 18.2 Å². The molecule has 0 aliphatic carbocycles. The lowest BCUT2D eigenvalue weighted by molar-refractivity contribution is -0.385. The number of allylic oxidation sites excluding steroid dienone is 1. The molecule has 0 saturated carbocycles. The number of nitrogens with zero attached hydrogens (tertiary/aromatic N) is 2. The summed E-state index contributed by atoms with van der Waals surface area (Å²) in [6.45, 7) is 5.98. The summed E-state index contributed by atoms with van der Waals surface area (Å²) in [5.41, 5.74) is 2.98. The van der Waals surface area contributed by atoms with Crippen molar-refractivity contribution in [3.05, 3.63) is 80.5 Å². The lowest BCUT2D eigenvalue weighted by Crippen LogP contribution is -2.47. The summed E-state index contributed by atoms with van der Waals surface area (Å²) in [6.07, 6.45) is 0. The maximum Gasteiger partial charge on any atom is 0.337 e. The zero-order chi connectivity index (χ0) is 24.3. The summed E-state index contributed by atoms with van der Waals surface area (Å²) in [7, 11) is 1.33. The molecule has 0 aromatic heterocycles. The Kier molecular flexibility index (Phi) is 7.07. The predicted molar refractivity (Wildman–Crippen MR) is 128 cm³/mol. The second kappa shape index (κ2) is 9.78. The molecule has 9 nitrogen and oxygen atoms in total. The zero-order valence-electron chi connectivity index (χ0n) is 18.7. The van der Waals surface area contributed by atoms with Crippen LogP contribution in [0.5, 0.6) is 0 Å². The van der Waals surface area contributed by atoms with Gasteiger partial charge in [0.15, 0.2) is 5.11 Å². The van der Waals surface area contributed by atoms with Gasteiger partial charge in [-0.3, -0.25) is 14.9 Å². The number of rotatable bonds is 6. The first-order valence-electron chi connectivity index (χ1n) is 10.2. The number of aryl methyl sites for hydroxylation is 1. The van der Waals surface area contributed by atoms with Gasteiger partial charge in [-0.15, -0.1) is 0 Å². The van der Waals surface area contributed by atoms with Gasteiger partial charge in [0.2, 0.25) is 0 Å². The maximum atomic E-state index is 12.6. The standard InChI is InChI=1S/C23H24N4O5S/c1-5-26-14(3)19(22(29)32-4)20(25-23(26)33)15-8-10-17(11-9-15)24-21(28)16-7-6-13(2)18(12-16)27(30)31/h6-12,20H,5H2,1-4H3,(H,24,28)(H,25,33). The van der Waals surface area contributed by atoms with Crippen LogP contribution < -0.4 is 10.6 Å². The van der Waals surface area contributed by atoms with Crippen LogP contribution in [0.3, 0.4) is 0 Å². The van der Waals surface area contributed by atoms with Crippen molar-refractivity contribution in [3.63, 3.8) is 0 Å². The maximum absolute atomic E-state index is 12.6. The number of nitro groups is 1. The second-order valence-electron chi connectivity index (χ2n) is 7.45. The molecule has 1 amide bonds. The molecule has 1 atom stereocenters. The molecule has 0 saturated heterocycles. The molecule has 0 fully saturated rings. The first-order valence-corrected chi connectivity index (χ1v) is 10.6. The molecule has 2 N–H and O–H groups in total. The highest BCUT2D eigenvalue weighted by Gasteiger charge is 2.33. The summed E-state index contributed by atoms with van der Waals surface area (Å²) < 4.78 is 4.99. The average molecular weight is 469 g/mol. The highest BCUT2D eigenvalue weighted by atomic mass is 32.1. The smallest absolute Gasteiger partial charge is 0.337 e. The predicted octanol–water partition coefficient (Wildman–Crippen LogP) is 3.85. The number of carbonyl (C=O) groups is 2. The van der Waals surface area contributed by atoms with Gasteiger partial charge in [-0.05, 0) is 56.8 Å².